The maximum Gasteiger partial charge on any atom is 0.229 e. The summed E-state index contributed by atoms with van der Waals surface area (Å²) < 4.78 is 1.58. The van der Waals surface area contributed by atoms with E-state index in [0.717, 1.165) is 25.3 Å². The molecule has 2 aromatic carbocycles. The minimum absolute atomic E-state index is 0.252. The molecule has 2 N–H and O–H groups in total. The van der Waals surface area contributed by atoms with Crippen molar-refractivity contribution in [3.05, 3.63) is 70.0 Å². The number of hydrogen-bond acceptors (Lipinski definition) is 7. The van der Waals surface area contributed by atoms with E-state index in [4.69, 9.17) is 11.6 Å². The maximum absolute atomic E-state index is 13.1. The molecule has 168 valence electrons. The molecule has 0 spiro atoms. The van der Waals surface area contributed by atoms with Gasteiger partial charge in [-0.3, -0.25) is 4.79 Å². The second kappa shape index (κ2) is 8.80. The van der Waals surface area contributed by atoms with Crippen molar-refractivity contribution in [2.45, 2.75) is 13.0 Å². The molecule has 0 amide bonds. The van der Waals surface area contributed by atoms with Gasteiger partial charge in [-0.15, -0.1) is 0 Å². The van der Waals surface area contributed by atoms with Gasteiger partial charge in [0, 0.05) is 55.9 Å². The predicted molar refractivity (Wildman–Crippen MR) is 132 cm³/mol. The molecule has 1 aliphatic rings. The summed E-state index contributed by atoms with van der Waals surface area (Å²) in [5.74, 6) is 0.397. The number of rotatable bonds is 4. The normalized spacial score (nSPS) is 16.2. The van der Waals surface area contributed by atoms with Crippen molar-refractivity contribution >= 4 is 40.0 Å². The summed E-state index contributed by atoms with van der Waals surface area (Å²) in [6.07, 6.45) is 1.53. The van der Waals surface area contributed by atoms with Crippen LogP contribution in [0.2, 0.25) is 5.02 Å². The fraction of sp³-hybridized carbons (Fsp3) is 0.250. The second-order valence-electron chi connectivity index (χ2n) is 8.19. The number of nitrogens with zero attached hydrogens (tertiary/aromatic N) is 5. The number of nitrogens with one attached hydrogen (secondary N) is 2. The van der Waals surface area contributed by atoms with Gasteiger partial charge in [0.2, 0.25) is 11.4 Å². The molecule has 8 nitrogen and oxygen atoms in total. The summed E-state index contributed by atoms with van der Waals surface area (Å²) in [4.78, 5) is 24.3. The van der Waals surface area contributed by atoms with Gasteiger partial charge in [-0.2, -0.15) is 10.1 Å². The minimum atomic E-state index is -0.252. The lowest BCUT2D eigenvalue weighted by molar-refractivity contribution is 0.485. The lowest BCUT2D eigenvalue weighted by Crippen LogP contribution is -2.49. The average molecular weight is 462 g/mol. The van der Waals surface area contributed by atoms with E-state index in [1.807, 2.05) is 24.3 Å². The molecule has 0 bridgehead atoms. The zero-order valence-corrected chi connectivity index (χ0v) is 19.2. The molecular formula is C24H24ClN7O. The van der Waals surface area contributed by atoms with Crippen LogP contribution in [0.4, 0.5) is 17.3 Å². The molecule has 33 heavy (non-hydrogen) atoms. The molecular weight excluding hydrogens is 438 g/mol. The standard InChI is InChI=1S/C24H24ClN7O/c1-15-14-32(12-11-26-15)17-9-7-16(8-10-17)28-24-27-13-19-22(33)21(30-31(2)23(19)29-24)18-5-3-4-6-20(18)25/h3-10,13,15,26H,11-12,14H2,1-2H3,(H,27,28,29)/t15-/m1/s1. The monoisotopic (exact) mass is 461 g/mol. The average Bonchev–Trinajstić information content (AvgIpc) is 2.82. The first-order valence-corrected chi connectivity index (χ1v) is 11.2. The van der Waals surface area contributed by atoms with E-state index < -0.39 is 0 Å². The lowest BCUT2D eigenvalue weighted by atomic mass is 10.1. The minimum Gasteiger partial charge on any atom is -0.369 e. The largest absolute Gasteiger partial charge is 0.369 e. The van der Waals surface area contributed by atoms with E-state index in [2.05, 4.69) is 49.7 Å². The fourth-order valence-corrected chi connectivity index (χ4v) is 4.32. The van der Waals surface area contributed by atoms with Gasteiger partial charge in [0.25, 0.3) is 0 Å². The van der Waals surface area contributed by atoms with Gasteiger partial charge in [0.1, 0.15) is 5.69 Å². The Morgan fingerprint density at radius 3 is 2.70 bits per heavy atom. The number of halogens is 1. The summed E-state index contributed by atoms with van der Waals surface area (Å²) in [5.41, 5.74) is 3.11. The molecule has 1 saturated heterocycles. The molecule has 0 radical (unpaired) electrons. The SMILES string of the molecule is C[C@@H]1CN(c2ccc(Nc3ncc4c(=O)c(-c5ccccc5Cl)nn(C)c4n3)cc2)CCN1. The van der Waals surface area contributed by atoms with Crippen molar-refractivity contribution in [3.63, 3.8) is 0 Å². The third kappa shape index (κ3) is 4.27. The molecule has 2 aromatic heterocycles. The number of benzene rings is 2. The summed E-state index contributed by atoms with van der Waals surface area (Å²) in [7, 11) is 1.75. The molecule has 1 aliphatic heterocycles. The van der Waals surface area contributed by atoms with E-state index in [0.29, 0.717) is 33.6 Å². The van der Waals surface area contributed by atoms with Crippen LogP contribution >= 0.6 is 11.6 Å². The lowest BCUT2D eigenvalue weighted by Gasteiger charge is -2.33. The zero-order valence-electron chi connectivity index (χ0n) is 18.4. The topological polar surface area (TPSA) is 88.0 Å². The van der Waals surface area contributed by atoms with Crippen LogP contribution in [0.3, 0.4) is 0 Å². The third-order valence-corrected chi connectivity index (χ3v) is 6.10. The van der Waals surface area contributed by atoms with Crippen LogP contribution in [0.25, 0.3) is 22.3 Å². The van der Waals surface area contributed by atoms with Crippen molar-refractivity contribution in [3.8, 4) is 11.3 Å². The Morgan fingerprint density at radius 1 is 1.15 bits per heavy atom. The van der Waals surface area contributed by atoms with E-state index in [9.17, 15) is 4.79 Å². The molecule has 1 atom stereocenters. The highest BCUT2D eigenvalue weighted by Crippen LogP contribution is 2.25. The zero-order chi connectivity index (χ0) is 22.9. The number of aromatic nitrogens is 4. The Balaban J connectivity index is 1.42. The maximum atomic E-state index is 13.1. The quantitative estimate of drug-likeness (QED) is 0.480. The van der Waals surface area contributed by atoms with Crippen molar-refractivity contribution in [2.75, 3.05) is 29.9 Å². The second-order valence-corrected chi connectivity index (χ2v) is 8.59. The molecule has 5 rings (SSSR count). The molecule has 0 saturated carbocycles. The summed E-state index contributed by atoms with van der Waals surface area (Å²) in [6.45, 7) is 5.15. The highest BCUT2D eigenvalue weighted by atomic mass is 35.5. The summed E-state index contributed by atoms with van der Waals surface area (Å²) >= 11 is 6.28. The van der Waals surface area contributed by atoms with Crippen LogP contribution in [-0.2, 0) is 7.05 Å². The van der Waals surface area contributed by atoms with E-state index in [-0.39, 0.29) is 11.1 Å². The number of anilines is 3. The van der Waals surface area contributed by atoms with Gasteiger partial charge in [-0.1, -0.05) is 29.8 Å². The Morgan fingerprint density at radius 2 is 1.94 bits per heavy atom. The van der Waals surface area contributed by atoms with Crippen molar-refractivity contribution < 1.29 is 0 Å². The number of aryl methyl sites for hydroxylation is 1. The highest BCUT2D eigenvalue weighted by molar-refractivity contribution is 6.33. The first kappa shape index (κ1) is 21.4. The predicted octanol–water partition coefficient (Wildman–Crippen LogP) is 3.59. The summed E-state index contributed by atoms with van der Waals surface area (Å²) in [5, 5.41) is 12.0. The van der Waals surface area contributed by atoms with Crippen LogP contribution in [0.1, 0.15) is 6.92 Å². The Hall–Kier alpha value is -3.49. The van der Waals surface area contributed by atoms with Gasteiger partial charge in [0.05, 0.1) is 10.4 Å². The number of fused-ring (bicyclic) bond motifs is 1. The molecule has 3 heterocycles. The molecule has 4 aromatic rings. The van der Waals surface area contributed by atoms with Gasteiger partial charge in [0.15, 0.2) is 5.65 Å². The van der Waals surface area contributed by atoms with Crippen LogP contribution < -0.4 is 21.0 Å². The van der Waals surface area contributed by atoms with Crippen LogP contribution in [0, 0.1) is 0 Å². The fourth-order valence-electron chi connectivity index (χ4n) is 4.09. The van der Waals surface area contributed by atoms with Crippen molar-refractivity contribution in [1.29, 1.82) is 0 Å². The van der Waals surface area contributed by atoms with E-state index in [1.165, 1.54) is 11.9 Å². The van der Waals surface area contributed by atoms with Gasteiger partial charge < -0.3 is 15.5 Å². The Bertz CT molecular complexity index is 1370. The van der Waals surface area contributed by atoms with Crippen molar-refractivity contribution in [1.82, 2.24) is 25.1 Å². The third-order valence-electron chi connectivity index (χ3n) is 5.77. The molecule has 0 aliphatic carbocycles. The van der Waals surface area contributed by atoms with Crippen LogP contribution in [-0.4, -0.2) is 45.4 Å². The van der Waals surface area contributed by atoms with Gasteiger partial charge in [-0.25, -0.2) is 9.67 Å². The van der Waals surface area contributed by atoms with Gasteiger partial charge in [-0.05, 0) is 37.3 Å². The van der Waals surface area contributed by atoms with Crippen molar-refractivity contribution in [2.24, 2.45) is 7.05 Å². The van der Waals surface area contributed by atoms with Gasteiger partial charge >= 0.3 is 0 Å². The van der Waals surface area contributed by atoms with Crippen LogP contribution in [0.5, 0.6) is 0 Å². The van der Waals surface area contributed by atoms with E-state index in [1.54, 1.807) is 23.9 Å². The Labute approximate surface area is 196 Å². The molecule has 9 heteroatoms. The molecule has 0 unspecified atom stereocenters. The molecule has 1 fully saturated rings. The first-order chi connectivity index (χ1) is 16.0. The smallest absolute Gasteiger partial charge is 0.229 e. The Kier molecular flexibility index (Phi) is 5.70. The highest BCUT2D eigenvalue weighted by Gasteiger charge is 2.17. The first-order valence-electron chi connectivity index (χ1n) is 10.8. The van der Waals surface area contributed by atoms with Crippen LogP contribution in [0.15, 0.2) is 59.5 Å². The van der Waals surface area contributed by atoms with E-state index >= 15 is 0 Å². The number of hydrogen-bond donors (Lipinski definition) is 2. The summed E-state index contributed by atoms with van der Waals surface area (Å²) in [6, 6.07) is 15.8. The number of piperazine rings is 1.